The molecule has 0 aliphatic rings. The van der Waals surface area contributed by atoms with Crippen molar-refractivity contribution in [2.45, 2.75) is 46.6 Å². The van der Waals surface area contributed by atoms with Crippen molar-refractivity contribution < 1.29 is 9.53 Å². The molecule has 16 heavy (non-hydrogen) atoms. The van der Waals surface area contributed by atoms with Crippen molar-refractivity contribution >= 4 is 5.97 Å². The van der Waals surface area contributed by atoms with Gasteiger partial charge in [0.15, 0.2) is 0 Å². The van der Waals surface area contributed by atoms with Crippen LogP contribution in [0.5, 0.6) is 0 Å². The Hall–Kier alpha value is -1.31. The molecule has 0 aliphatic carbocycles. The minimum atomic E-state index is -0.219. The van der Waals surface area contributed by atoms with Crippen LogP contribution in [0, 0.1) is 13.8 Å². The highest BCUT2D eigenvalue weighted by Crippen LogP contribution is 2.23. The summed E-state index contributed by atoms with van der Waals surface area (Å²) in [6, 6.07) is 6.38. The summed E-state index contributed by atoms with van der Waals surface area (Å²) >= 11 is 0. The topological polar surface area (TPSA) is 26.3 Å². The van der Waals surface area contributed by atoms with E-state index in [0.29, 0.717) is 0 Å². The molecular formula is C14H20O2. The molecular weight excluding hydrogens is 200 g/mol. The average molecular weight is 220 g/mol. The van der Waals surface area contributed by atoms with Gasteiger partial charge in [0.2, 0.25) is 0 Å². The van der Waals surface area contributed by atoms with Gasteiger partial charge in [0.05, 0.1) is 0 Å². The fraction of sp³-hybridized carbons (Fsp3) is 0.500. The average Bonchev–Trinajstić information content (AvgIpc) is 2.20. The maximum Gasteiger partial charge on any atom is 0.302 e. The number of esters is 1. The SMILES string of the molecule is CC(=O)O[C@@H](C)[C@H](C)c1ccc(C)c(C)c1. The van der Waals surface area contributed by atoms with Gasteiger partial charge in [0.1, 0.15) is 6.10 Å². The molecule has 2 nitrogen and oxygen atoms in total. The summed E-state index contributed by atoms with van der Waals surface area (Å²) in [5.74, 6) is 0.00591. The van der Waals surface area contributed by atoms with Gasteiger partial charge in [-0.2, -0.15) is 0 Å². The quantitative estimate of drug-likeness (QED) is 0.730. The molecule has 0 aliphatic heterocycles. The van der Waals surface area contributed by atoms with Crippen LogP contribution < -0.4 is 0 Å². The summed E-state index contributed by atoms with van der Waals surface area (Å²) in [7, 11) is 0. The third kappa shape index (κ3) is 3.09. The van der Waals surface area contributed by atoms with E-state index in [4.69, 9.17) is 4.74 Å². The van der Waals surface area contributed by atoms with E-state index >= 15 is 0 Å². The number of carbonyl (C=O) groups excluding carboxylic acids is 1. The van der Waals surface area contributed by atoms with E-state index in [2.05, 4.69) is 39.0 Å². The lowest BCUT2D eigenvalue weighted by atomic mass is 9.93. The lowest BCUT2D eigenvalue weighted by Crippen LogP contribution is -2.19. The molecule has 0 bridgehead atoms. The highest BCUT2D eigenvalue weighted by atomic mass is 16.5. The van der Waals surface area contributed by atoms with Crippen molar-refractivity contribution in [3.63, 3.8) is 0 Å². The van der Waals surface area contributed by atoms with E-state index in [1.165, 1.54) is 23.6 Å². The van der Waals surface area contributed by atoms with Gasteiger partial charge in [-0.25, -0.2) is 0 Å². The van der Waals surface area contributed by atoms with E-state index in [9.17, 15) is 4.79 Å². The fourth-order valence-electron chi connectivity index (χ4n) is 1.68. The van der Waals surface area contributed by atoms with Crippen LogP contribution in [0.1, 0.15) is 43.4 Å². The zero-order valence-corrected chi connectivity index (χ0v) is 10.7. The molecule has 0 amide bonds. The monoisotopic (exact) mass is 220 g/mol. The Morgan fingerprint density at radius 2 is 1.81 bits per heavy atom. The van der Waals surface area contributed by atoms with Gasteiger partial charge >= 0.3 is 5.97 Å². The molecule has 0 aromatic heterocycles. The van der Waals surface area contributed by atoms with Gasteiger partial charge in [0, 0.05) is 12.8 Å². The van der Waals surface area contributed by atoms with Crippen molar-refractivity contribution in [1.82, 2.24) is 0 Å². The Balaban J connectivity index is 2.83. The predicted octanol–water partition coefficient (Wildman–Crippen LogP) is 3.36. The Labute approximate surface area is 97.6 Å². The molecule has 2 atom stereocenters. The standard InChI is InChI=1S/C14H20O2/c1-9-6-7-14(8-10(9)2)11(3)12(4)16-13(5)15/h6-8,11-12H,1-5H3/t11-,12-/m0/s1. The van der Waals surface area contributed by atoms with E-state index in [1.807, 2.05) is 6.92 Å². The minimum Gasteiger partial charge on any atom is -0.462 e. The maximum absolute atomic E-state index is 10.9. The van der Waals surface area contributed by atoms with Crippen LogP contribution in [0.4, 0.5) is 0 Å². The first kappa shape index (κ1) is 12.8. The van der Waals surface area contributed by atoms with Gasteiger partial charge < -0.3 is 4.74 Å². The van der Waals surface area contributed by atoms with Crippen molar-refractivity contribution in [3.8, 4) is 0 Å². The first-order chi connectivity index (χ1) is 7.41. The molecule has 0 saturated carbocycles. The Morgan fingerprint density at radius 3 is 2.31 bits per heavy atom. The van der Waals surface area contributed by atoms with E-state index in [-0.39, 0.29) is 18.0 Å². The maximum atomic E-state index is 10.9. The number of rotatable bonds is 3. The smallest absolute Gasteiger partial charge is 0.302 e. The molecule has 0 radical (unpaired) electrons. The van der Waals surface area contributed by atoms with Gasteiger partial charge in [-0.1, -0.05) is 25.1 Å². The van der Waals surface area contributed by atoms with Crippen LogP contribution in [0.15, 0.2) is 18.2 Å². The second-order valence-electron chi connectivity index (χ2n) is 4.45. The molecule has 0 saturated heterocycles. The number of benzene rings is 1. The Morgan fingerprint density at radius 1 is 1.19 bits per heavy atom. The second kappa shape index (κ2) is 5.15. The van der Waals surface area contributed by atoms with Crippen LogP contribution >= 0.6 is 0 Å². The van der Waals surface area contributed by atoms with E-state index < -0.39 is 0 Å². The normalized spacial score (nSPS) is 14.3. The summed E-state index contributed by atoms with van der Waals surface area (Å²) in [6.45, 7) is 9.66. The summed E-state index contributed by atoms with van der Waals surface area (Å²) in [6.07, 6.45) is -0.0837. The molecule has 2 heteroatoms. The van der Waals surface area contributed by atoms with Crippen LogP contribution in [0.3, 0.4) is 0 Å². The van der Waals surface area contributed by atoms with Crippen LogP contribution in [-0.2, 0) is 9.53 Å². The first-order valence-electron chi connectivity index (χ1n) is 5.66. The van der Waals surface area contributed by atoms with E-state index in [0.717, 1.165) is 0 Å². The highest BCUT2D eigenvalue weighted by molar-refractivity contribution is 5.66. The summed E-state index contributed by atoms with van der Waals surface area (Å²) < 4.78 is 5.20. The summed E-state index contributed by atoms with van der Waals surface area (Å²) in [4.78, 5) is 10.9. The zero-order chi connectivity index (χ0) is 12.3. The van der Waals surface area contributed by atoms with Crippen molar-refractivity contribution in [2.75, 3.05) is 0 Å². The number of carbonyl (C=O) groups is 1. The Bertz CT molecular complexity index is 382. The molecule has 0 N–H and O–H groups in total. The third-order valence-electron chi connectivity index (χ3n) is 3.11. The van der Waals surface area contributed by atoms with E-state index in [1.54, 1.807) is 0 Å². The summed E-state index contributed by atoms with van der Waals surface area (Å²) in [5.41, 5.74) is 3.78. The lowest BCUT2D eigenvalue weighted by Gasteiger charge is -2.20. The fourth-order valence-corrected chi connectivity index (χ4v) is 1.68. The van der Waals surface area contributed by atoms with Crippen molar-refractivity contribution in [2.24, 2.45) is 0 Å². The Kier molecular flexibility index (Phi) is 4.11. The predicted molar refractivity (Wildman–Crippen MR) is 65.6 cm³/mol. The van der Waals surface area contributed by atoms with Gasteiger partial charge in [0.25, 0.3) is 0 Å². The first-order valence-corrected chi connectivity index (χ1v) is 5.66. The summed E-state index contributed by atoms with van der Waals surface area (Å²) in [5, 5.41) is 0. The van der Waals surface area contributed by atoms with Crippen LogP contribution in [0.25, 0.3) is 0 Å². The van der Waals surface area contributed by atoms with Gasteiger partial charge in [-0.05, 0) is 37.5 Å². The number of hydrogen-bond donors (Lipinski definition) is 0. The molecule has 1 rings (SSSR count). The minimum absolute atomic E-state index is 0.0837. The lowest BCUT2D eigenvalue weighted by molar-refractivity contribution is -0.146. The largest absolute Gasteiger partial charge is 0.462 e. The molecule has 0 spiro atoms. The van der Waals surface area contributed by atoms with Gasteiger partial charge in [-0.3, -0.25) is 4.79 Å². The van der Waals surface area contributed by atoms with Gasteiger partial charge in [-0.15, -0.1) is 0 Å². The van der Waals surface area contributed by atoms with Crippen molar-refractivity contribution in [1.29, 1.82) is 0 Å². The molecule has 0 fully saturated rings. The molecule has 1 aromatic rings. The highest BCUT2D eigenvalue weighted by Gasteiger charge is 2.17. The zero-order valence-electron chi connectivity index (χ0n) is 10.7. The molecule has 0 heterocycles. The van der Waals surface area contributed by atoms with Crippen molar-refractivity contribution in [3.05, 3.63) is 34.9 Å². The second-order valence-corrected chi connectivity index (χ2v) is 4.45. The number of aryl methyl sites for hydroxylation is 2. The number of hydrogen-bond acceptors (Lipinski definition) is 2. The number of ether oxygens (including phenoxy) is 1. The molecule has 0 unspecified atom stereocenters. The van der Waals surface area contributed by atoms with Crippen LogP contribution in [-0.4, -0.2) is 12.1 Å². The van der Waals surface area contributed by atoms with Crippen LogP contribution in [0.2, 0.25) is 0 Å². The third-order valence-corrected chi connectivity index (χ3v) is 3.11. The molecule has 88 valence electrons. The molecule has 1 aromatic carbocycles.